The number of rotatable bonds is 2. The number of benzene rings is 1. The summed E-state index contributed by atoms with van der Waals surface area (Å²) in [6.07, 6.45) is 0. The number of para-hydroxylation sites is 1. The first kappa shape index (κ1) is 12.0. The molecule has 0 fully saturated rings. The van der Waals surface area contributed by atoms with Crippen molar-refractivity contribution >= 4 is 16.9 Å². The molecule has 100 valence electrons. The summed E-state index contributed by atoms with van der Waals surface area (Å²) in [7, 11) is 0. The Labute approximate surface area is 111 Å². The molecule has 0 radical (unpaired) electrons. The largest absolute Gasteiger partial charge is 0.477 e. The Morgan fingerprint density at radius 3 is 2.80 bits per heavy atom. The first-order valence-electron chi connectivity index (χ1n) is 5.72. The molecular formula is C12H9N5O3. The second-order valence-corrected chi connectivity index (χ2v) is 4.22. The topological polar surface area (TPSA) is 125 Å². The second kappa shape index (κ2) is 4.26. The Hall–Kier alpha value is -3.03. The summed E-state index contributed by atoms with van der Waals surface area (Å²) < 4.78 is 0. The van der Waals surface area contributed by atoms with Gasteiger partial charge < -0.3 is 10.1 Å². The lowest BCUT2D eigenvalue weighted by Crippen LogP contribution is -2.15. The van der Waals surface area contributed by atoms with Crippen LogP contribution in [0.3, 0.4) is 0 Å². The van der Waals surface area contributed by atoms with Crippen LogP contribution in [-0.2, 0) is 0 Å². The molecule has 0 saturated heterocycles. The minimum Gasteiger partial charge on any atom is -0.477 e. The fraction of sp³-hybridized carbons (Fsp3) is 0.0833. The van der Waals surface area contributed by atoms with E-state index in [2.05, 4.69) is 25.6 Å². The molecule has 0 aliphatic rings. The fourth-order valence-electron chi connectivity index (χ4n) is 2.09. The quantitative estimate of drug-likeness (QED) is 0.630. The van der Waals surface area contributed by atoms with Crippen molar-refractivity contribution < 1.29 is 9.90 Å². The van der Waals surface area contributed by atoms with Gasteiger partial charge in [0.15, 0.2) is 5.43 Å². The molecule has 0 spiro atoms. The molecule has 0 saturated carbocycles. The highest BCUT2D eigenvalue weighted by Gasteiger charge is 2.17. The third-order valence-electron chi connectivity index (χ3n) is 3.07. The summed E-state index contributed by atoms with van der Waals surface area (Å²) in [5.41, 5.74) is 0.577. The third-order valence-corrected chi connectivity index (χ3v) is 3.07. The van der Waals surface area contributed by atoms with E-state index < -0.39 is 5.97 Å². The van der Waals surface area contributed by atoms with Crippen LogP contribution in [0.4, 0.5) is 0 Å². The van der Waals surface area contributed by atoms with Crippen LogP contribution in [0.1, 0.15) is 16.1 Å². The zero-order chi connectivity index (χ0) is 14.3. The molecule has 0 amide bonds. The van der Waals surface area contributed by atoms with E-state index in [1.807, 2.05) is 0 Å². The van der Waals surface area contributed by atoms with Gasteiger partial charge in [-0.3, -0.25) is 4.79 Å². The van der Waals surface area contributed by atoms with Gasteiger partial charge in [0, 0.05) is 16.5 Å². The number of hydrogen-bond acceptors (Lipinski definition) is 5. The number of hydrogen-bond donors (Lipinski definition) is 3. The molecule has 1 aromatic carbocycles. The summed E-state index contributed by atoms with van der Waals surface area (Å²) >= 11 is 0. The van der Waals surface area contributed by atoms with Gasteiger partial charge in [0.2, 0.25) is 5.82 Å². The Morgan fingerprint density at radius 1 is 1.35 bits per heavy atom. The van der Waals surface area contributed by atoms with Gasteiger partial charge in [-0.1, -0.05) is 6.07 Å². The van der Waals surface area contributed by atoms with E-state index in [4.69, 9.17) is 5.11 Å². The molecule has 8 nitrogen and oxygen atoms in total. The summed E-state index contributed by atoms with van der Waals surface area (Å²) in [4.78, 5) is 26.2. The molecule has 2 aromatic heterocycles. The van der Waals surface area contributed by atoms with Crippen LogP contribution < -0.4 is 5.43 Å². The molecule has 0 bridgehead atoms. The molecule has 3 aromatic rings. The zero-order valence-electron chi connectivity index (χ0n) is 10.3. The molecule has 3 rings (SSSR count). The number of nitrogens with one attached hydrogen (secondary N) is 2. The highest BCUT2D eigenvalue weighted by atomic mass is 16.4. The molecule has 0 aliphatic carbocycles. The van der Waals surface area contributed by atoms with E-state index in [9.17, 15) is 9.59 Å². The highest BCUT2D eigenvalue weighted by Crippen LogP contribution is 2.23. The molecule has 0 atom stereocenters. The lowest BCUT2D eigenvalue weighted by atomic mass is 10.1. The monoisotopic (exact) mass is 271 g/mol. The van der Waals surface area contributed by atoms with Crippen LogP contribution in [0.15, 0.2) is 23.0 Å². The fourth-order valence-corrected chi connectivity index (χ4v) is 2.09. The predicted octanol–water partition coefficient (Wildman–Crippen LogP) is 0.715. The smallest absolute Gasteiger partial charge is 0.352 e. The standard InChI is InChI=1S/C12H9N5O3/c1-5-8(12(19)20)13-9-6(10(5)18)3-2-4-7(9)11-14-16-17-15-11/h2-4H,1H3,(H,13,18)(H,19,20)(H,14,15,16,17). The molecule has 8 heteroatoms. The van der Waals surface area contributed by atoms with Gasteiger partial charge in [-0.05, 0) is 24.3 Å². The van der Waals surface area contributed by atoms with Crippen molar-refractivity contribution in [3.8, 4) is 11.4 Å². The number of aromatic carboxylic acids is 1. The van der Waals surface area contributed by atoms with Crippen molar-refractivity contribution in [2.75, 3.05) is 0 Å². The van der Waals surface area contributed by atoms with Crippen molar-refractivity contribution in [2.24, 2.45) is 0 Å². The SMILES string of the molecule is Cc1c(C(=O)O)[nH]c2c(-c3nn[nH]n3)cccc2c1=O. The number of carboxylic acids is 1. The second-order valence-electron chi connectivity index (χ2n) is 4.22. The van der Waals surface area contributed by atoms with Gasteiger partial charge in [0.05, 0.1) is 5.52 Å². The van der Waals surface area contributed by atoms with E-state index in [0.717, 1.165) is 0 Å². The molecule has 2 heterocycles. The average molecular weight is 271 g/mol. The van der Waals surface area contributed by atoms with Crippen molar-refractivity contribution in [2.45, 2.75) is 6.92 Å². The number of aromatic amines is 2. The van der Waals surface area contributed by atoms with Crippen LogP contribution in [0.2, 0.25) is 0 Å². The van der Waals surface area contributed by atoms with E-state index in [1.54, 1.807) is 18.2 Å². The first-order valence-corrected chi connectivity index (χ1v) is 5.72. The van der Waals surface area contributed by atoms with Gasteiger partial charge in [-0.25, -0.2) is 4.79 Å². The number of nitrogens with zero attached hydrogens (tertiary/aromatic N) is 3. The van der Waals surface area contributed by atoms with Gasteiger partial charge in [0.25, 0.3) is 0 Å². The van der Waals surface area contributed by atoms with E-state index in [1.165, 1.54) is 6.92 Å². The maximum Gasteiger partial charge on any atom is 0.352 e. The van der Waals surface area contributed by atoms with Crippen molar-refractivity contribution in [1.82, 2.24) is 25.6 Å². The predicted molar refractivity (Wildman–Crippen MR) is 69.4 cm³/mol. The van der Waals surface area contributed by atoms with Crippen LogP contribution in [0.5, 0.6) is 0 Å². The number of H-pyrrole nitrogens is 2. The Kier molecular flexibility index (Phi) is 2.56. The first-order chi connectivity index (χ1) is 9.59. The number of carboxylic acid groups (broad SMARTS) is 1. The summed E-state index contributed by atoms with van der Waals surface area (Å²) in [6.45, 7) is 1.47. The summed E-state index contributed by atoms with van der Waals surface area (Å²) in [5.74, 6) is -0.907. The van der Waals surface area contributed by atoms with E-state index >= 15 is 0 Å². The number of fused-ring (bicyclic) bond motifs is 1. The Balaban J connectivity index is 2.46. The molecule has 0 unspecified atom stereocenters. The molecular weight excluding hydrogens is 262 g/mol. The molecule has 20 heavy (non-hydrogen) atoms. The maximum atomic E-state index is 12.2. The number of aromatic nitrogens is 5. The van der Waals surface area contributed by atoms with Crippen LogP contribution >= 0.6 is 0 Å². The number of carbonyl (C=O) groups is 1. The Morgan fingerprint density at radius 2 is 2.15 bits per heavy atom. The Bertz CT molecular complexity index is 867. The third kappa shape index (κ3) is 1.66. The van der Waals surface area contributed by atoms with Gasteiger partial charge in [-0.2, -0.15) is 5.21 Å². The number of pyridine rings is 1. The van der Waals surface area contributed by atoms with Gasteiger partial charge in [-0.15, -0.1) is 10.2 Å². The maximum absolute atomic E-state index is 12.2. The molecule has 0 aliphatic heterocycles. The van der Waals surface area contributed by atoms with Crippen molar-refractivity contribution in [3.63, 3.8) is 0 Å². The average Bonchev–Trinajstić information content (AvgIpc) is 2.95. The van der Waals surface area contributed by atoms with Crippen LogP contribution in [0.25, 0.3) is 22.3 Å². The van der Waals surface area contributed by atoms with Gasteiger partial charge in [0.1, 0.15) is 5.69 Å². The normalized spacial score (nSPS) is 10.8. The lowest BCUT2D eigenvalue weighted by molar-refractivity contribution is 0.0690. The summed E-state index contributed by atoms with van der Waals surface area (Å²) in [6, 6.07) is 4.99. The highest BCUT2D eigenvalue weighted by molar-refractivity contribution is 5.96. The van der Waals surface area contributed by atoms with Crippen molar-refractivity contribution in [3.05, 3.63) is 39.7 Å². The summed E-state index contributed by atoms with van der Waals surface area (Å²) in [5, 5.41) is 23.0. The van der Waals surface area contributed by atoms with Crippen LogP contribution in [-0.4, -0.2) is 36.7 Å². The van der Waals surface area contributed by atoms with E-state index in [-0.39, 0.29) is 22.5 Å². The number of tetrazole rings is 1. The van der Waals surface area contributed by atoms with E-state index in [0.29, 0.717) is 16.5 Å². The van der Waals surface area contributed by atoms with Crippen molar-refractivity contribution in [1.29, 1.82) is 0 Å². The van der Waals surface area contributed by atoms with Crippen LogP contribution in [0, 0.1) is 6.92 Å². The zero-order valence-corrected chi connectivity index (χ0v) is 10.3. The molecule has 3 N–H and O–H groups in total. The lowest BCUT2D eigenvalue weighted by Gasteiger charge is -2.07. The minimum absolute atomic E-state index is 0.140. The minimum atomic E-state index is -1.19. The van der Waals surface area contributed by atoms with Gasteiger partial charge >= 0.3 is 5.97 Å².